The number of hydrogen-bond acceptors (Lipinski definition) is 8. The minimum Gasteiger partial charge on any atom is -0.444 e. The molecule has 10 nitrogen and oxygen atoms in total. The molecule has 0 radical (unpaired) electrons. The molecule has 158 valence electrons. The molecular formula is C18H19Cl2N7O3. The lowest BCUT2D eigenvalue weighted by atomic mass is 9.97. The number of benzene rings is 1. The van der Waals surface area contributed by atoms with Crippen molar-refractivity contribution in [2.75, 3.05) is 18.4 Å². The number of nitrogens with zero attached hydrogens (tertiary/aromatic N) is 5. The first-order chi connectivity index (χ1) is 14.6. The van der Waals surface area contributed by atoms with Crippen LogP contribution in [0.1, 0.15) is 35.9 Å². The van der Waals surface area contributed by atoms with Crippen molar-refractivity contribution in [3.63, 3.8) is 0 Å². The van der Waals surface area contributed by atoms with Crippen molar-refractivity contribution in [3.05, 3.63) is 51.6 Å². The lowest BCUT2D eigenvalue weighted by Crippen LogP contribution is -2.38. The molecule has 30 heavy (non-hydrogen) atoms. The van der Waals surface area contributed by atoms with E-state index in [-0.39, 0.29) is 18.6 Å². The van der Waals surface area contributed by atoms with Crippen LogP contribution in [0, 0.1) is 0 Å². The molecule has 12 heteroatoms. The molecule has 1 aliphatic rings. The van der Waals surface area contributed by atoms with Gasteiger partial charge >= 0.3 is 12.1 Å². The van der Waals surface area contributed by atoms with Gasteiger partial charge in [-0.25, -0.2) is 4.79 Å². The van der Waals surface area contributed by atoms with Crippen molar-refractivity contribution < 1.29 is 13.9 Å². The average molecular weight is 452 g/mol. The third-order valence-corrected chi connectivity index (χ3v) is 5.39. The number of rotatable bonds is 6. The second kappa shape index (κ2) is 9.31. The number of aromatic nitrogens is 5. The molecule has 1 fully saturated rings. The van der Waals surface area contributed by atoms with E-state index in [2.05, 4.69) is 30.9 Å². The fourth-order valence-electron chi connectivity index (χ4n) is 3.14. The number of likely N-dealkylation sites (tertiary alicyclic amines) is 1. The van der Waals surface area contributed by atoms with Gasteiger partial charge in [0.25, 0.3) is 0 Å². The SMILES string of the molecule is O=C(OCc1cc(Cl)ccc1Cl)N1CCC(c2nnc(NCc3cn[nH]n3)o2)CC1. The van der Waals surface area contributed by atoms with Crippen LogP contribution in [0.4, 0.5) is 10.8 Å². The Kier molecular flexibility index (Phi) is 6.34. The molecule has 0 bridgehead atoms. The van der Waals surface area contributed by atoms with Gasteiger partial charge in [0.1, 0.15) is 12.3 Å². The average Bonchev–Trinajstić information content (AvgIpc) is 3.45. The molecule has 3 heterocycles. The summed E-state index contributed by atoms with van der Waals surface area (Å²) >= 11 is 12.1. The molecule has 1 aliphatic heterocycles. The van der Waals surface area contributed by atoms with Gasteiger partial charge in [0.15, 0.2) is 0 Å². The number of nitrogens with one attached hydrogen (secondary N) is 2. The van der Waals surface area contributed by atoms with Gasteiger partial charge in [-0.1, -0.05) is 28.3 Å². The second-order valence-corrected chi connectivity index (χ2v) is 7.66. The highest BCUT2D eigenvalue weighted by molar-refractivity contribution is 6.33. The van der Waals surface area contributed by atoms with Crippen LogP contribution < -0.4 is 5.32 Å². The molecule has 2 N–H and O–H groups in total. The van der Waals surface area contributed by atoms with E-state index in [1.54, 1.807) is 29.3 Å². The van der Waals surface area contributed by atoms with Crippen molar-refractivity contribution in [3.8, 4) is 0 Å². The Morgan fingerprint density at radius 1 is 1.30 bits per heavy atom. The van der Waals surface area contributed by atoms with Gasteiger partial charge in [0.05, 0.1) is 12.7 Å². The van der Waals surface area contributed by atoms with Gasteiger partial charge in [0.2, 0.25) is 5.89 Å². The first-order valence-electron chi connectivity index (χ1n) is 9.36. The van der Waals surface area contributed by atoms with Crippen LogP contribution in [0.5, 0.6) is 0 Å². The summed E-state index contributed by atoms with van der Waals surface area (Å²) in [7, 11) is 0. The van der Waals surface area contributed by atoms with Crippen molar-refractivity contribution >= 4 is 35.3 Å². The van der Waals surface area contributed by atoms with Gasteiger partial charge in [-0.2, -0.15) is 15.4 Å². The third-order valence-electron chi connectivity index (χ3n) is 4.79. The smallest absolute Gasteiger partial charge is 0.410 e. The second-order valence-electron chi connectivity index (χ2n) is 6.81. The summed E-state index contributed by atoms with van der Waals surface area (Å²) in [5.74, 6) is 0.642. The summed E-state index contributed by atoms with van der Waals surface area (Å²) < 4.78 is 11.1. The monoisotopic (exact) mass is 451 g/mol. The van der Waals surface area contributed by atoms with Crippen molar-refractivity contribution in [1.82, 2.24) is 30.5 Å². The van der Waals surface area contributed by atoms with E-state index >= 15 is 0 Å². The number of piperidine rings is 1. The Balaban J connectivity index is 1.24. The highest BCUT2D eigenvalue weighted by Crippen LogP contribution is 2.28. The maximum absolute atomic E-state index is 12.4. The molecular weight excluding hydrogens is 433 g/mol. The topological polar surface area (TPSA) is 122 Å². The first kappa shape index (κ1) is 20.4. The number of aromatic amines is 1. The van der Waals surface area contributed by atoms with E-state index in [1.807, 2.05) is 0 Å². The van der Waals surface area contributed by atoms with Gasteiger partial charge in [0, 0.05) is 34.6 Å². The molecule has 0 atom stereocenters. The van der Waals surface area contributed by atoms with E-state index in [0.29, 0.717) is 60.0 Å². The minimum absolute atomic E-state index is 0.0718. The van der Waals surface area contributed by atoms with Crippen LogP contribution in [0.25, 0.3) is 0 Å². The number of H-pyrrole nitrogens is 1. The first-order valence-corrected chi connectivity index (χ1v) is 10.1. The Labute approximate surface area is 181 Å². The molecule has 1 saturated heterocycles. The molecule has 3 aromatic rings. The molecule has 0 unspecified atom stereocenters. The van der Waals surface area contributed by atoms with Gasteiger partial charge in [-0.3, -0.25) is 0 Å². The molecule has 0 saturated carbocycles. The minimum atomic E-state index is -0.384. The molecule has 4 rings (SSSR count). The molecule has 0 aliphatic carbocycles. The van der Waals surface area contributed by atoms with E-state index in [4.69, 9.17) is 32.4 Å². The number of amides is 1. The van der Waals surface area contributed by atoms with Crippen molar-refractivity contribution in [2.24, 2.45) is 0 Å². The van der Waals surface area contributed by atoms with Crippen molar-refractivity contribution in [2.45, 2.75) is 31.9 Å². The highest BCUT2D eigenvalue weighted by Gasteiger charge is 2.28. The molecule has 1 amide bonds. The fourth-order valence-corrected chi connectivity index (χ4v) is 3.51. The summed E-state index contributed by atoms with van der Waals surface area (Å²) in [5.41, 5.74) is 1.41. The number of halogens is 2. The molecule has 1 aromatic carbocycles. The molecule has 0 spiro atoms. The summed E-state index contributed by atoms with van der Waals surface area (Å²) in [5, 5.41) is 22.4. The van der Waals surface area contributed by atoms with Crippen molar-refractivity contribution in [1.29, 1.82) is 0 Å². The van der Waals surface area contributed by atoms with Gasteiger partial charge in [-0.05, 0) is 31.0 Å². The lowest BCUT2D eigenvalue weighted by Gasteiger charge is -2.29. The standard InChI is InChI=1S/C18H19Cl2N7O3/c19-13-1-2-15(20)12(7-13)10-29-18(28)27-5-3-11(4-6-27)16-24-25-17(30-16)21-8-14-9-22-26-23-14/h1-2,7,9,11H,3-6,8,10H2,(H,21,25)(H,22,23,26). The van der Waals surface area contributed by atoms with Gasteiger partial charge < -0.3 is 19.4 Å². The Bertz CT molecular complexity index is 988. The van der Waals surface area contributed by atoms with Gasteiger partial charge in [-0.15, -0.1) is 5.10 Å². The summed E-state index contributed by atoms with van der Waals surface area (Å²) in [4.78, 5) is 14.0. The lowest BCUT2D eigenvalue weighted by molar-refractivity contribution is 0.0856. The third kappa shape index (κ3) is 5.00. The van der Waals surface area contributed by atoms with E-state index in [9.17, 15) is 4.79 Å². The predicted octanol–water partition coefficient (Wildman–Crippen LogP) is 3.62. The quantitative estimate of drug-likeness (QED) is 0.582. The zero-order chi connectivity index (χ0) is 20.9. The van der Waals surface area contributed by atoms with Crippen LogP contribution in [-0.4, -0.2) is 49.7 Å². The van der Waals surface area contributed by atoms with Crippen LogP contribution >= 0.6 is 23.2 Å². The zero-order valence-electron chi connectivity index (χ0n) is 15.8. The number of hydrogen-bond donors (Lipinski definition) is 2. The van der Waals surface area contributed by atoms with E-state index in [0.717, 1.165) is 5.69 Å². The summed E-state index contributed by atoms with van der Waals surface area (Å²) in [6.07, 6.45) is 2.64. The van der Waals surface area contributed by atoms with Crippen LogP contribution in [0.15, 0.2) is 28.8 Å². The highest BCUT2D eigenvalue weighted by atomic mass is 35.5. The summed E-state index contributed by atoms with van der Waals surface area (Å²) in [6.45, 7) is 1.58. The Morgan fingerprint density at radius 2 is 2.13 bits per heavy atom. The number of carbonyl (C=O) groups excluding carboxylic acids is 1. The number of ether oxygens (including phenoxy) is 1. The van der Waals surface area contributed by atoms with E-state index in [1.165, 1.54) is 0 Å². The maximum Gasteiger partial charge on any atom is 0.410 e. The predicted molar refractivity (Wildman–Crippen MR) is 108 cm³/mol. The zero-order valence-corrected chi connectivity index (χ0v) is 17.4. The van der Waals surface area contributed by atoms with Crippen LogP contribution in [0.2, 0.25) is 10.0 Å². The summed E-state index contributed by atoms with van der Waals surface area (Å²) in [6, 6.07) is 5.38. The normalized spacial score (nSPS) is 14.7. The number of carbonyl (C=O) groups is 1. The Hall–Kier alpha value is -2.85. The maximum atomic E-state index is 12.4. The molecule has 2 aromatic heterocycles. The van der Waals surface area contributed by atoms with Crippen LogP contribution in [0.3, 0.4) is 0 Å². The van der Waals surface area contributed by atoms with Crippen LogP contribution in [-0.2, 0) is 17.9 Å². The Morgan fingerprint density at radius 3 is 2.90 bits per heavy atom. The van der Waals surface area contributed by atoms with E-state index < -0.39 is 0 Å². The fraction of sp³-hybridized carbons (Fsp3) is 0.389. The number of anilines is 1. The largest absolute Gasteiger partial charge is 0.444 e.